The van der Waals surface area contributed by atoms with Gasteiger partial charge in [-0.3, -0.25) is 0 Å². The first-order valence-electron chi connectivity index (χ1n) is 9.18. The number of hydrogen-bond acceptors (Lipinski definition) is 6. The van der Waals surface area contributed by atoms with Gasteiger partial charge in [0.15, 0.2) is 0 Å². The van der Waals surface area contributed by atoms with Crippen molar-refractivity contribution < 1.29 is 0 Å². The van der Waals surface area contributed by atoms with Crippen LogP contribution >= 0.6 is 11.3 Å². The van der Waals surface area contributed by atoms with Crippen LogP contribution in [0.2, 0.25) is 0 Å². The summed E-state index contributed by atoms with van der Waals surface area (Å²) in [5, 5.41) is 9.24. The van der Waals surface area contributed by atoms with Crippen LogP contribution < -0.4 is 5.32 Å². The highest BCUT2D eigenvalue weighted by molar-refractivity contribution is 7.20. The fourth-order valence-electron chi connectivity index (χ4n) is 2.97. The summed E-state index contributed by atoms with van der Waals surface area (Å²) in [5.41, 5.74) is 1.17. The lowest BCUT2D eigenvalue weighted by Gasteiger charge is -2.35. The molecule has 2 aromatic heterocycles. The van der Waals surface area contributed by atoms with Crippen LogP contribution in [-0.4, -0.2) is 69.7 Å². The van der Waals surface area contributed by atoms with Crippen LogP contribution in [0.25, 0.3) is 4.96 Å². The van der Waals surface area contributed by atoms with Crippen molar-refractivity contribution in [3.8, 4) is 0 Å². The van der Waals surface area contributed by atoms with Crippen molar-refractivity contribution in [2.75, 3.05) is 45.1 Å². The third-order valence-corrected chi connectivity index (χ3v) is 5.74. The van der Waals surface area contributed by atoms with Crippen molar-refractivity contribution in [3.63, 3.8) is 0 Å². The first-order valence-corrected chi connectivity index (χ1v) is 10.00. The predicted molar refractivity (Wildman–Crippen MR) is 106 cm³/mol. The number of anilines is 1. The van der Waals surface area contributed by atoms with Gasteiger partial charge in [-0.2, -0.15) is 0 Å². The number of likely N-dealkylation sites (N-methyl/N-ethyl adjacent to an activating group) is 1. The number of hydrogen-bond donors (Lipinski definition) is 1. The minimum atomic E-state index is 0.0199. The second-order valence-electron chi connectivity index (χ2n) is 8.91. The van der Waals surface area contributed by atoms with E-state index in [1.807, 2.05) is 10.7 Å². The van der Waals surface area contributed by atoms with Gasteiger partial charge in [0.1, 0.15) is 0 Å². The topological polar surface area (TPSA) is 48.7 Å². The third kappa shape index (κ3) is 4.71. The first-order chi connectivity index (χ1) is 11.6. The molecule has 6 nitrogen and oxygen atoms in total. The van der Waals surface area contributed by atoms with Gasteiger partial charge < -0.3 is 15.1 Å². The average molecular weight is 365 g/mol. The second-order valence-corrected chi connectivity index (χ2v) is 9.87. The van der Waals surface area contributed by atoms with Gasteiger partial charge in [-0.05, 0) is 27.3 Å². The molecular weight excluding hydrogens is 332 g/mol. The lowest BCUT2D eigenvalue weighted by Crippen LogP contribution is -2.46. The van der Waals surface area contributed by atoms with Crippen molar-refractivity contribution in [2.24, 2.45) is 0 Å². The maximum atomic E-state index is 4.73. The monoisotopic (exact) mass is 364 g/mol. The summed E-state index contributed by atoms with van der Waals surface area (Å²) in [7, 11) is 2.20. The van der Waals surface area contributed by atoms with Crippen molar-refractivity contribution >= 4 is 21.4 Å². The fraction of sp³-hybridized carbons (Fsp3) is 0.778. The van der Waals surface area contributed by atoms with Gasteiger partial charge in [-0.15, -0.1) is 5.10 Å². The predicted octanol–water partition coefficient (Wildman–Crippen LogP) is 2.92. The van der Waals surface area contributed by atoms with E-state index >= 15 is 0 Å². The van der Waals surface area contributed by atoms with Gasteiger partial charge in [0.25, 0.3) is 0 Å². The molecule has 140 valence electrons. The first kappa shape index (κ1) is 18.6. The number of fused-ring (bicyclic) bond motifs is 1. The summed E-state index contributed by atoms with van der Waals surface area (Å²) < 4.78 is 1.91. The number of aromatic nitrogens is 3. The van der Waals surface area contributed by atoms with Crippen LogP contribution in [0.5, 0.6) is 0 Å². The standard InChI is InChI=1S/C18H32N6S/c1-17(2,3)14-13-24-16(19-14)25-15(21-24)20-18(4,5)7-8-23-11-9-22(6)10-12-23/h13H,7-12H2,1-6H3,(H,20,21). The molecule has 0 aliphatic carbocycles. The van der Waals surface area contributed by atoms with Gasteiger partial charge in [0.2, 0.25) is 10.1 Å². The Hall–Kier alpha value is -1.18. The fourth-order valence-corrected chi connectivity index (χ4v) is 3.93. The zero-order chi connectivity index (χ0) is 18.2. The summed E-state index contributed by atoms with van der Waals surface area (Å²) in [5.74, 6) is 0. The highest BCUT2D eigenvalue weighted by atomic mass is 32.1. The molecule has 0 spiro atoms. The van der Waals surface area contributed by atoms with Gasteiger partial charge in [0.05, 0.1) is 11.9 Å². The normalized spacial score (nSPS) is 18.2. The Morgan fingerprint density at radius 3 is 2.40 bits per heavy atom. The van der Waals surface area contributed by atoms with E-state index in [1.54, 1.807) is 11.3 Å². The zero-order valence-electron chi connectivity index (χ0n) is 16.5. The Morgan fingerprint density at radius 1 is 1.12 bits per heavy atom. The molecule has 3 heterocycles. The van der Waals surface area contributed by atoms with Crippen LogP contribution in [-0.2, 0) is 5.41 Å². The summed E-state index contributed by atoms with van der Waals surface area (Å²) in [6, 6.07) is 0. The third-order valence-electron chi connectivity index (χ3n) is 4.91. The maximum Gasteiger partial charge on any atom is 0.214 e. The van der Waals surface area contributed by atoms with E-state index in [9.17, 15) is 0 Å². The van der Waals surface area contributed by atoms with E-state index in [2.05, 4.69) is 61.9 Å². The number of nitrogens with zero attached hydrogens (tertiary/aromatic N) is 5. The number of nitrogens with one attached hydrogen (secondary N) is 1. The molecule has 25 heavy (non-hydrogen) atoms. The number of imidazole rings is 1. The summed E-state index contributed by atoms with van der Waals surface area (Å²) in [6.07, 6.45) is 3.15. The molecule has 3 rings (SSSR count). The highest BCUT2D eigenvalue weighted by Crippen LogP contribution is 2.27. The van der Waals surface area contributed by atoms with Crippen molar-refractivity contribution in [1.29, 1.82) is 0 Å². The SMILES string of the molecule is CN1CCN(CCC(C)(C)Nc2nn3cc(C(C)(C)C)nc3s2)CC1. The van der Waals surface area contributed by atoms with Gasteiger partial charge in [0, 0.05) is 43.7 Å². The Labute approximate surface area is 155 Å². The minimum Gasteiger partial charge on any atom is -0.355 e. The van der Waals surface area contributed by atoms with Crippen LogP contribution in [0.15, 0.2) is 6.20 Å². The van der Waals surface area contributed by atoms with Crippen molar-refractivity contribution in [1.82, 2.24) is 24.4 Å². The molecule has 1 fully saturated rings. The molecule has 0 unspecified atom stereocenters. The molecular formula is C18H32N6S. The molecule has 1 N–H and O–H groups in total. The van der Waals surface area contributed by atoms with Crippen LogP contribution in [0.4, 0.5) is 5.13 Å². The van der Waals surface area contributed by atoms with E-state index in [0.29, 0.717) is 0 Å². The smallest absolute Gasteiger partial charge is 0.214 e. The van der Waals surface area contributed by atoms with E-state index in [0.717, 1.165) is 28.8 Å². The van der Waals surface area contributed by atoms with Crippen molar-refractivity contribution in [2.45, 2.75) is 52.0 Å². The Morgan fingerprint density at radius 2 is 1.80 bits per heavy atom. The van der Waals surface area contributed by atoms with E-state index in [-0.39, 0.29) is 11.0 Å². The lowest BCUT2D eigenvalue weighted by atomic mass is 9.93. The minimum absolute atomic E-state index is 0.0199. The van der Waals surface area contributed by atoms with E-state index < -0.39 is 0 Å². The Balaban J connectivity index is 1.58. The summed E-state index contributed by atoms with van der Waals surface area (Å²) in [4.78, 5) is 10.7. The number of piperazine rings is 1. The highest BCUT2D eigenvalue weighted by Gasteiger charge is 2.24. The van der Waals surface area contributed by atoms with E-state index in [4.69, 9.17) is 4.98 Å². The maximum absolute atomic E-state index is 4.73. The number of rotatable bonds is 5. The largest absolute Gasteiger partial charge is 0.355 e. The molecule has 0 radical (unpaired) electrons. The zero-order valence-corrected chi connectivity index (χ0v) is 17.3. The molecule has 2 aromatic rings. The summed E-state index contributed by atoms with van der Waals surface area (Å²) in [6.45, 7) is 16.9. The van der Waals surface area contributed by atoms with Crippen LogP contribution in [0.1, 0.15) is 46.7 Å². The van der Waals surface area contributed by atoms with Crippen LogP contribution in [0, 0.1) is 0 Å². The molecule has 7 heteroatoms. The Kier molecular flexibility index (Phi) is 5.10. The van der Waals surface area contributed by atoms with Gasteiger partial charge in [-0.1, -0.05) is 32.1 Å². The van der Waals surface area contributed by atoms with E-state index in [1.165, 1.54) is 26.2 Å². The molecule has 0 amide bonds. The quantitative estimate of drug-likeness (QED) is 0.884. The molecule has 0 aromatic carbocycles. The molecule has 1 aliphatic rings. The van der Waals surface area contributed by atoms with Gasteiger partial charge >= 0.3 is 0 Å². The molecule has 0 atom stereocenters. The average Bonchev–Trinajstić information content (AvgIpc) is 3.04. The second kappa shape index (κ2) is 6.85. The molecule has 1 aliphatic heterocycles. The Bertz CT molecular complexity index is 671. The molecule has 1 saturated heterocycles. The molecule has 0 saturated carbocycles. The summed E-state index contributed by atoms with van der Waals surface area (Å²) >= 11 is 1.63. The van der Waals surface area contributed by atoms with Gasteiger partial charge in [-0.25, -0.2) is 9.50 Å². The lowest BCUT2D eigenvalue weighted by molar-refractivity contribution is 0.147. The van der Waals surface area contributed by atoms with Crippen molar-refractivity contribution in [3.05, 3.63) is 11.9 Å². The molecule has 0 bridgehead atoms. The van der Waals surface area contributed by atoms with Crippen LogP contribution in [0.3, 0.4) is 0 Å².